The molecule has 120 valence electrons. The van der Waals surface area contributed by atoms with Gasteiger partial charge >= 0.3 is 5.97 Å². The predicted octanol–water partition coefficient (Wildman–Crippen LogP) is 4.26. The van der Waals surface area contributed by atoms with Crippen molar-refractivity contribution in [1.82, 2.24) is 4.98 Å². The number of benzene rings is 2. The van der Waals surface area contributed by atoms with E-state index < -0.39 is 5.97 Å². The minimum absolute atomic E-state index is 0.121. The first-order chi connectivity index (χ1) is 11.6. The van der Waals surface area contributed by atoms with Crippen molar-refractivity contribution in [3.63, 3.8) is 0 Å². The molecule has 0 fully saturated rings. The highest BCUT2D eigenvalue weighted by Gasteiger charge is 2.11. The molecule has 0 radical (unpaired) electrons. The van der Waals surface area contributed by atoms with Crippen molar-refractivity contribution in [1.29, 1.82) is 0 Å². The Morgan fingerprint density at radius 1 is 0.958 bits per heavy atom. The van der Waals surface area contributed by atoms with Crippen LogP contribution in [-0.2, 0) is 0 Å². The molecule has 4 nitrogen and oxygen atoms in total. The Hall–Kier alpha value is -3.21. The number of nitrogens with zero attached hydrogens (tertiary/aromatic N) is 1. The number of ether oxygens (including phenoxy) is 1. The Morgan fingerprint density at radius 3 is 1.92 bits per heavy atom. The van der Waals surface area contributed by atoms with Gasteiger partial charge in [0.2, 0.25) is 0 Å². The van der Waals surface area contributed by atoms with Crippen LogP contribution in [0.5, 0.6) is 5.75 Å². The molecular formula is C19H14FNO3. The molecule has 3 aromatic rings. The van der Waals surface area contributed by atoms with E-state index in [9.17, 15) is 14.3 Å². The second-order valence-corrected chi connectivity index (χ2v) is 5.17. The SMILES string of the molecule is COc1ccc(-c2cc(C(=O)O)cc(-c3ccc(F)cc3)n2)cc1. The highest BCUT2D eigenvalue weighted by atomic mass is 19.1. The van der Waals surface area contributed by atoms with Crippen molar-refractivity contribution < 1.29 is 19.0 Å². The van der Waals surface area contributed by atoms with E-state index in [2.05, 4.69) is 4.98 Å². The number of carboxylic acid groups (broad SMARTS) is 1. The van der Waals surface area contributed by atoms with E-state index >= 15 is 0 Å². The van der Waals surface area contributed by atoms with Gasteiger partial charge in [0, 0.05) is 11.1 Å². The van der Waals surface area contributed by atoms with E-state index in [4.69, 9.17) is 4.74 Å². The van der Waals surface area contributed by atoms with Gasteiger partial charge in [0.15, 0.2) is 0 Å². The molecule has 0 saturated carbocycles. The van der Waals surface area contributed by atoms with Crippen LogP contribution in [0.3, 0.4) is 0 Å². The summed E-state index contributed by atoms with van der Waals surface area (Å²) in [4.78, 5) is 15.9. The van der Waals surface area contributed by atoms with Crippen LogP contribution in [0, 0.1) is 5.82 Å². The number of carboxylic acids is 1. The number of aromatic nitrogens is 1. The molecule has 2 aromatic carbocycles. The van der Waals surface area contributed by atoms with Gasteiger partial charge in [0.05, 0.1) is 24.1 Å². The van der Waals surface area contributed by atoms with E-state index in [-0.39, 0.29) is 11.4 Å². The van der Waals surface area contributed by atoms with Gasteiger partial charge in [-0.15, -0.1) is 0 Å². The minimum atomic E-state index is -1.05. The van der Waals surface area contributed by atoms with E-state index in [0.29, 0.717) is 22.7 Å². The first kappa shape index (κ1) is 15.7. The zero-order valence-electron chi connectivity index (χ0n) is 12.9. The summed E-state index contributed by atoms with van der Waals surface area (Å²) in [5.74, 6) is -0.703. The van der Waals surface area contributed by atoms with E-state index in [0.717, 1.165) is 5.56 Å². The largest absolute Gasteiger partial charge is 0.497 e. The molecule has 0 aliphatic carbocycles. The highest BCUT2D eigenvalue weighted by Crippen LogP contribution is 2.26. The van der Waals surface area contributed by atoms with Crippen LogP contribution in [0.1, 0.15) is 10.4 Å². The maximum absolute atomic E-state index is 13.1. The van der Waals surface area contributed by atoms with Crippen molar-refractivity contribution in [3.8, 4) is 28.3 Å². The van der Waals surface area contributed by atoms with Crippen LogP contribution in [0.2, 0.25) is 0 Å². The summed E-state index contributed by atoms with van der Waals surface area (Å²) in [6.07, 6.45) is 0. The van der Waals surface area contributed by atoms with Crippen LogP contribution in [0.15, 0.2) is 60.7 Å². The Labute approximate surface area is 138 Å². The smallest absolute Gasteiger partial charge is 0.335 e. The first-order valence-electron chi connectivity index (χ1n) is 7.22. The summed E-state index contributed by atoms with van der Waals surface area (Å²) in [5.41, 5.74) is 2.53. The van der Waals surface area contributed by atoms with Crippen molar-refractivity contribution in [2.75, 3.05) is 7.11 Å². The summed E-state index contributed by atoms with van der Waals surface area (Å²) in [6, 6.07) is 15.9. The molecule has 0 atom stereocenters. The Kier molecular flexibility index (Phi) is 4.24. The van der Waals surface area contributed by atoms with E-state index in [1.54, 1.807) is 43.5 Å². The van der Waals surface area contributed by atoms with Gasteiger partial charge in [-0.1, -0.05) is 0 Å². The zero-order valence-corrected chi connectivity index (χ0v) is 12.9. The number of methoxy groups -OCH3 is 1. The molecule has 0 saturated heterocycles. The van der Waals surface area contributed by atoms with Crippen molar-refractivity contribution in [3.05, 3.63) is 72.0 Å². The molecule has 0 spiro atoms. The fourth-order valence-corrected chi connectivity index (χ4v) is 2.33. The van der Waals surface area contributed by atoms with Crippen molar-refractivity contribution in [2.45, 2.75) is 0 Å². The summed E-state index contributed by atoms with van der Waals surface area (Å²) in [6.45, 7) is 0. The standard InChI is InChI=1S/C19H14FNO3/c1-24-16-8-4-13(5-9-16)18-11-14(19(22)23)10-17(21-18)12-2-6-15(20)7-3-12/h2-11H,1H3,(H,22,23). The summed E-state index contributed by atoms with van der Waals surface area (Å²) in [5, 5.41) is 9.35. The van der Waals surface area contributed by atoms with Gasteiger partial charge in [0.25, 0.3) is 0 Å². The summed E-state index contributed by atoms with van der Waals surface area (Å²) >= 11 is 0. The fraction of sp³-hybridized carbons (Fsp3) is 0.0526. The predicted molar refractivity (Wildman–Crippen MR) is 88.6 cm³/mol. The normalized spacial score (nSPS) is 10.4. The molecule has 0 bridgehead atoms. The lowest BCUT2D eigenvalue weighted by atomic mass is 10.0. The fourth-order valence-electron chi connectivity index (χ4n) is 2.33. The molecule has 1 heterocycles. The average molecular weight is 323 g/mol. The number of pyridine rings is 1. The monoisotopic (exact) mass is 323 g/mol. The number of rotatable bonds is 4. The third kappa shape index (κ3) is 3.25. The van der Waals surface area contributed by atoms with Crippen molar-refractivity contribution in [2.24, 2.45) is 0 Å². The zero-order chi connectivity index (χ0) is 17.1. The first-order valence-corrected chi connectivity index (χ1v) is 7.22. The van der Waals surface area contributed by atoms with Gasteiger partial charge in [-0.3, -0.25) is 0 Å². The van der Waals surface area contributed by atoms with Crippen LogP contribution in [0.4, 0.5) is 4.39 Å². The molecule has 3 rings (SSSR count). The molecule has 0 aliphatic heterocycles. The van der Waals surface area contributed by atoms with Crippen LogP contribution in [0.25, 0.3) is 22.5 Å². The number of hydrogen-bond donors (Lipinski definition) is 1. The van der Waals surface area contributed by atoms with Gasteiger partial charge in [-0.25, -0.2) is 14.2 Å². The molecule has 0 amide bonds. The topological polar surface area (TPSA) is 59.4 Å². The quantitative estimate of drug-likeness (QED) is 0.779. The Balaban J connectivity index is 2.11. The number of carbonyl (C=O) groups is 1. The Morgan fingerprint density at radius 2 is 1.46 bits per heavy atom. The number of halogens is 1. The maximum atomic E-state index is 13.1. The van der Waals surface area contributed by atoms with Crippen LogP contribution < -0.4 is 4.74 Å². The van der Waals surface area contributed by atoms with E-state index in [1.165, 1.54) is 24.3 Å². The third-order valence-corrected chi connectivity index (χ3v) is 3.60. The summed E-state index contributed by atoms with van der Waals surface area (Å²) < 4.78 is 18.2. The molecule has 0 aliphatic rings. The van der Waals surface area contributed by atoms with Gasteiger partial charge in [0.1, 0.15) is 11.6 Å². The highest BCUT2D eigenvalue weighted by molar-refractivity contribution is 5.90. The molecule has 1 N–H and O–H groups in total. The second-order valence-electron chi connectivity index (χ2n) is 5.17. The minimum Gasteiger partial charge on any atom is -0.497 e. The summed E-state index contributed by atoms with van der Waals surface area (Å²) in [7, 11) is 1.57. The van der Waals surface area contributed by atoms with Gasteiger partial charge in [-0.05, 0) is 60.7 Å². The number of hydrogen-bond acceptors (Lipinski definition) is 3. The molecular weight excluding hydrogens is 309 g/mol. The Bertz CT molecular complexity index is 874. The molecule has 5 heteroatoms. The number of aromatic carboxylic acids is 1. The second kappa shape index (κ2) is 6.50. The van der Waals surface area contributed by atoms with Gasteiger partial charge < -0.3 is 9.84 Å². The lowest BCUT2D eigenvalue weighted by molar-refractivity contribution is 0.0697. The maximum Gasteiger partial charge on any atom is 0.335 e. The molecule has 24 heavy (non-hydrogen) atoms. The average Bonchev–Trinajstić information content (AvgIpc) is 2.62. The lowest BCUT2D eigenvalue weighted by Gasteiger charge is -2.08. The molecule has 0 unspecified atom stereocenters. The lowest BCUT2D eigenvalue weighted by Crippen LogP contribution is -2.00. The van der Waals surface area contributed by atoms with Crippen LogP contribution in [-0.4, -0.2) is 23.2 Å². The van der Waals surface area contributed by atoms with Crippen molar-refractivity contribution >= 4 is 5.97 Å². The van der Waals surface area contributed by atoms with Gasteiger partial charge in [-0.2, -0.15) is 0 Å². The third-order valence-electron chi connectivity index (χ3n) is 3.60. The molecule has 1 aromatic heterocycles. The van der Waals surface area contributed by atoms with Crippen LogP contribution >= 0.6 is 0 Å². The van der Waals surface area contributed by atoms with E-state index in [1.807, 2.05) is 0 Å².